The Kier molecular flexibility index (Phi) is 3.95. The van der Waals surface area contributed by atoms with Gasteiger partial charge in [0.15, 0.2) is 0 Å². The number of cyclic esters (lactones) is 1. The summed E-state index contributed by atoms with van der Waals surface area (Å²) in [5, 5.41) is 11.1. The van der Waals surface area contributed by atoms with Crippen molar-refractivity contribution in [1.29, 1.82) is 0 Å². The molecule has 0 unspecified atom stereocenters. The first-order valence-corrected chi connectivity index (χ1v) is 7.19. The molecule has 1 aliphatic heterocycles. The lowest BCUT2D eigenvalue weighted by molar-refractivity contribution is 0.157. The number of aromatic nitrogens is 2. The highest BCUT2D eigenvalue weighted by atomic mass is 16.6. The average Bonchev–Trinajstić information content (AvgIpc) is 3.10. The number of hydrogen-bond donors (Lipinski definition) is 1. The van der Waals surface area contributed by atoms with Gasteiger partial charge in [-0.25, -0.2) is 4.79 Å². The van der Waals surface area contributed by atoms with Gasteiger partial charge in [-0.05, 0) is 24.6 Å². The predicted octanol–water partition coefficient (Wildman–Crippen LogP) is 2.50. The van der Waals surface area contributed by atoms with E-state index in [0.29, 0.717) is 31.5 Å². The van der Waals surface area contributed by atoms with Crippen LogP contribution in [0, 0.1) is 6.92 Å². The SMILES string of the molecule is Cc1nnc([C@H](C)Nc2ccc(CN3CCOC3=O)cc2)o1. The number of nitrogens with zero attached hydrogens (tertiary/aromatic N) is 3. The summed E-state index contributed by atoms with van der Waals surface area (Å²) in [7, 11) is 0. The van der Waals surface area contributed by atoms with Gasteiger partial charge in [0, 0.05) is 19.2 Å². The number of hydrogen-bond acceptors (Lipinski definition) is 6. The second-order valence-corrected chi connectivity index (χ2v) is 5.26. The third-order valence-corrected chi connectivity index (χ3v) is 3.47. The Morgan fingerprint density at radius 1 is 1.32 bits per heavy atom. The van der Waals surface area contributed by atoms with Crippen LogP contribution in [0.1, 0.15) is 30.3 Å². The third kappa shape index (κ3) is 3.19. The molecule has 0 saturated carbocycles. The number of benzene rings is 1. The van der Waals surface area contributed by atoms with Crippen LogP contribution in [-0.4, -0.2) is 34.3 Å². The normalized spacial score (nSPS) is 15.7. The summed E-state index contributed by atoms with van der Waals surface area (Å²) in [4.78, 5) is 13.1. The molecule has 2 heterocycles. The number of carbonyl (C=O) groups is 1. The van der Waals surface area contributed by atoms with Crippen LogP contribution < -0.4 is 5.32 Å². The van der Waals surface area contributed by atoms with E-state index in [1.54, 1.807) is 11.8 Å². The van der Waals surface area contributed by atoms with Crippen molar-refractivity contribution in [3.8, 4) is 0 Å². The van der Waals surface area contributed by atoms with Crippen molar-refractivity contribution in [3.05, 3.63) is 41.6 Å². The minimum absolute atomic E-state index is 0.0689. The van der Waals surface area contributed by atoms with Gasteiger partial charge in [-0.3, -0.25) is 0 Å². The Hall–Kier alpha value is -2.57. The highest BCUT2D eigenvalue weighted by Gasteiger charge is 2.21. The Morgan fingerprint density at radius 3 is 2.68 bits per heavy atom. The minimum Gasteiger partial charge on any atom is -0.448 e. The number of anilines is 1. The number of carbonyl (C=O) groups excluding carboxylic acids is 1. The molecule has 1 saturated heterocycles. The van der Waals surface area contributed by atoms with Crippen molar-refractivity contribution in [3.63, 3.8) is 0 Å². The molecule has 1 aromatic carbocycles. The van der Waals surface area contributed by atoms with Crippen LogP contribution in [0.25, 0.3) is 0 Å². The second-order valence-electron chi connectivity index (χ2n) is 5.26. The molecule has 0 spiro atoms. The van der Waals surface area contributed by atoms with Crippen LogP contribution in [0.3, 0.4) is 0 Å². The zero-order valence-corrected chi connectivity index (χ0v) is 12.6. The van der Waals surface area contributed by atoms with Gasteiger partial charge in [0.1, 0.15) is 12.6 Å². The lowest BCUT2D eigenvalue weighted by Gasteiger charge is -2.14. The van der Waals surface area contributed by atoms with Gasteiger partial charge < -0.3 is 19.4 Å². The number of rotatable bonds is 5. The highest BCUT2D eigenvalue weighted by molar-refractivity contribution is 5.69. The largest absolute Gasteiger partial charge is 0.448 e. The molecule has 1 aromatic heterocycles. The van der Waals surface area contributed by atoms with E-state index in [1.165, 1.54) is 0 Å². The fourth-order valence-corrected chi connectivity index (χ4v) is 2.29. The first kappa shape index (κ1) is 14.4. The number of ether oxygens (including phenoxy) is 1. The molecular formula is C15H18N4O3. The van der Waals surface area contributed by atoms with Gasteiger partial charge in [-0.15, -0.1) is 10.2 Å². The molecule has 3 rings (SSSR count). The van der Waals surface area contributed by atoms with E-state index in [-0.39, 0.29) is 12.1 Å². The maximum Gasteiger partial charge on any atom is 0.410 e. The maximum atomic E-state index is 11.4. The van der Waals surface area contributed by atoms with Crippen molar-refractivity contribution in [2.75, 3.05) is 18.5 Å². The monoisotopic (exact) mass is 302 g/mol. The van der Waals surface area contributed by atoms with Crippen molar-refractivity contribution < 1.29 is 13.9 Å². The van der Waals surface area contributed by atoms with Crippen LogP contribution in [0.4, 0.5) is 10.5 Å². The molecule has 1 N–H and O–H groups in total. The summed E-state index contributed by atoms with van der Waals surface area (Å²) in [5.41, 5.74) is 2.02. The second kappa shape index (κ2) is 6.05. The Morgan fingerprint density at radius 2 is 2.09 bits per heavy atom. The highest BCUT2D eigenvalue weighted by Crippen LogP contribution is 2.19. The molecule has 2 aromatic rings. The van der Waals surface area contributed by atoms with Crippen LogP contribution >= 0.6 is 0 Å². The topological polar surface area (TPSA) is 80.5 Å². The Labute approximate surface area is 128 Å². The summed E-state index contributed by atoms with van der Waals surface area (Å²) in [6.07, 6.45) is -0.248. The Balaban J connectivity index is 1.60. The quantitative estimate of drug-likeness (QED) is 0.914. The number of amides is 1. The van der Waals surface area contributed by atoms with Crippen molar-refractivity contribution in [2.45, 2.75) is 26.4 Å². The summed E-state index contributed by atoms with van der Waals surface area (Å²) in [6.45, 7) is 5.41. The molecule has 7 nitrogen and oxygen atoms in total. The molecule has 0 bridgehead atoms. The van der Waals surface area contributed by atoms with Crippen LogP contribution in [0.2, 0.25) is 0 Å². The fraction of sp³-hybridized carbons (Fsp3) is 0.400. The average molecular weight is 302 g/mol. The molecule has 1 amide bonds. The van der Waals surface area contributed by atoms with Crippen LogP contribution in [-0.2, 0) is 11.3 Å². The molecule has 1 aliphatic rings. The first-order valence-electron chi connectivity index (χ1n) is 7.19. The molecule has 7 heteroatoms. The summed E-state index contributed by atoms with van der Waals surface area (Å²) in [6, 6.07) is 7.84. The third-order valence-electron chi connectivity index (χ3n) is 3.47. The molecule has 1 fully saturated rings. The smallest absolute Gasteiger partial charge is 0.410 e. The van der Waals surface area contributed by atoms with Gasteiger partial charge >= 0.3 is 6.09 Å². The van der Waals surface area contributed by atoms with Crippen molar-refractivity contribution >= 4 is 11.8 Å². The summed E-state index contributed by atoms with van der Waals surface area (Å²) >= 11 is 0. The van der Waals surface area contributed by atoms with E-state index in [1.807, 2.05) is 31.2 Å². The molecule has 0 aliphatic carbocycles. The van der Waals surface area contributed by atoms with Gasteiger partial charge in [0.2, 0.25) is 11.8 Å². The van der Waals surface area contributed by atoms with E-state index in [0.717, 1.165) is 11.3 Å². The molecule has 116 valence electrons. The molecule has 22 heavy (non-hydrogen) atoms. The van der Waals surface area contributed by atoms with Crippen molar-refractivity contribution in [1.82, 2.24) is 15.1 Å². The lowest BCUT2D eigenvalue weighted by Crippen LogP contribution is -2.23. The molecule has 0 radical (unpaired) electrons. The maximum absolute atomic E-state index is 11.4. The minimum atomic E-state index is -0.248. The van der Waals surface area contributed by atoms with Gasteiger partial charge in [0.05, 0.1) is 6.54 Å². The molecular weight excluding hydrogens is 284 g/mol. The van der Waals surface area contributed by atoms with Crippen molar-refractivity contribution in [2.24, 2.45) is 0 Å². The van der Waals surface area contributed by atoms with Crippen LogP contribution in [0.15, 0.2) is 28.7 Å². The van der Waals surface area contributed by atoms with E-state index in [9.17, 15) is 4.79 Å². The first-order chi connectivity index (χ1) is 10.6. The number of aryl methyl sites for hydroxylation is 1. The van der Waals surface area contributed by atoms with Gasteiger partial charge in [0.25, 0.3) is 0 Å². The zero-order chi connectivity index (χ0) is 15.5. The number of nitrogens with one attached hydrogen (secondary N) is 1. The van der Waals surface area contributed by atoms with Gasteiger partial charge in [-0.1, -0.05) is 12.1 Å². The Bertz CT molecular complexity index is 653. The van der Waals surface area contributed by atoms with Gasteiger partial charge in [-0.2, -0.15) is 0 Å². The van der Waals surface area contributed by atoms with E-state index < -0.39 is 0 Å². The fourth-order valence-electron chi connectivity index (χ4n) is 2.29. The van der Waals surface area contributed by atoms with E-state index in [2.05, 4.69) is 15.5 Å². The lowest BCUT2D eigenvalue weighted by atomic mass is 10.2. The predicted molar refractivity (Wildman–Crippen MR) is 79.3 cm³/mol. The standard InChI is InChI=1S/C15H18N4O3/c1-10(14-18-17-11(2)22-14)16-13-5-3-12(4-6-13)9-19-7-8-21-15(19)20/h3-6,10,16H,7-9H2,1-2H3/t10-/m0/s1. The van der Waals surface area contributed by atoms with E-state index in [4.69, 9.17) is 9.15 Å². The summed E-state index contributed by atoms with van der Waals surface area (Å²) in [5.74, 6) is 1.11. The molecule has 1 atom stereocenters. The van der Waals surface area contributed by atoms with E-state index >= 15 is 0 Å². The van der Waals surface area contributed by atoms with Crippen LogP contribution in [0.5, 0.6) is 0 Å². The summed E-state index contributed by atoms with van der Waals surface area (Å²) < 4.78 is 10.3. The zero-order valence-electron chi connectivity index (χ0n) is 12.6.